The van der Waals surface area contributed by atoms with Crippen molar-refractivity contribution in [2.75, 3.05) is 5.75 Å². The Kier molecular flexibility index (Phi) is 2.69. The second-order valence-electron chi connectivity index (χ2n) is 2.86. The number of nitrogens with two attached hydrogens (primary N) is 1. The number of hydrogen-bond acceptors (Lipinski definition) is 4. The number of sulfone groups is 1. The minimum Gasteiger partial charge on any atom is -0.293 e. The third kappa shape index (κ3) is 1.75. The summed E-state index contributed by atoms with van der Waals surface area (Å²) in [7, 11) is -3.23. The van der Waals surface area contributed by atoms with E-state index in [1.165, 1.54) is 0 Å². The van der Waals surface area contributed by atoms with E-state index in [0.29, 0.717) is 12.8 Å². The summed E-state index contributed by atoms with van der Waals surface area (Å²) < 4.78 is 22.5. The van der Waals surface area contributed by atoms with Gasteiger partial charge in [0.2, 0.25) is 0 Å². The number of rotatable bonds is 1. The van der Waals surface area contributed by atoms with E-state index >= 15 is 0 Å². The molecular formula is C6H12N2O3S. The monoisotopic (exact) mass is 192 g/mol. The van der Waals surface area contributed by atoms with Crippen molar-refractivity contribution in [2.45, 2.75) is 24.5 Å². The lowest BCUT2D eigenvalue weighted by Crippen LogP contribution is -2.45. The zero-order valence-electron chi connectivity index (χ0n) is 6.62. The lowest BCUT2D eigenvalue weighted by molar-refractivity contribution is -0.120. The Balaban J connectivity index is 2.80. The predicted molar refractivity (Wildman–Crippen MR) is 43.8 cm³/mol. The molecule has 0 spiro atoms. The first-order chi connectivity index (χ1) is 5.58. The molecule has 0 aliphatic carbocycles. The molecule has 1 fully saturated rings. The van der Waals surface area contributed by atoms with Gasteiger partial charge in [-0.25, -0.2) is 14.3 Å². The van der Waals surface area contributed by atoms with Crippen LogP contribution in [0.4, 0.5) is 0 Å². The van der Waals surface area contributed by atoms with E-state index < -0.39 is 21.0 Å². The van der Waals surface area contributed by atoms with Crippen molar-refractivity contribution in [2.24, 2.45) is 5.84 Å². The van der Waals surface area contributed by atoms with Crippen LogP contribution in [0.2, 0.25) is 0 Å². The second-order valence-corrected chi connectivity index (χ2v) is 5.16. The molecule has 12 heavy (non-hydrogen) atoms. The van der Waals surface area contributed by atoms with Gasteiger partial charge < -0.3 is 0 Å². The molecule has 1 aliphatic rings. The normalized spacial score (nSPS) is 27.9. The van der Waals surface area contributed by atoms with Crippen molar-refractivity contribution >= 4 is 15.7 Å². The molecule has 0 radical (unpaired) electrons. The molecule has 0 aromatic heterocycles. The molecule has 0 bridgehead atoms. The molecule has 1 saturated heterocycles. The zero-order valence-corrected chi connectivity index (χ0v) is 7.43. The van der Waals surface area contributed by atoms with Gasteiger partial charge in [0, 0.05) is 0 Å². The predicted octanol–water partition coefficient (Wildman–Crippen LogP) is -1.06. The van der Waals surface area contributed by atoms with E-state index in [2.05, 4.69) is 0 Å². The molecule has 5 nitrogen and oxygen atoms in total. The Hall–Kier alpha value is -0.620. The van der Waals surface area contributed by atoms with Crippen LogP contribution in [0.25, 0.3) is 0 Å². The summed E-state index contributed by atoms with van der Waals surface area (Å²) in [6.07, 6.45) is 1.82. The van der Waals surface area contributed by atoms with Gasteiger partial charge in [-0.15, -0.1) is 0 Å². The summed E-state index contributed by atoms with van der Waals surface area (Å²) >= 11 is 0. The molecule has 1 heterocycles. The maximum absolute atomic E-state index is 11.3. The zero-order chi connectivity index (χ0) is 9.19. The highest BCUT2D eigenvalue weighted by atomic mass is 32.2. The van der Waals surface area contributed by atoms with Crippen molar-refractivity contribution in [3.63, 3.8) is 0 Å². The summed E-state index contributed by atoms with van der Waals surface area (Å²) in [5.74, 6) is 4.37. The fraction of sp³-hybridized carbons (Fsp3) is 0.833. The van der Waals surface area contributed by atoms with Crippen LogP contribution in [0.5, 0.6) is 0 Å². The number of carbonyl (C=O) groups excluding carboxylic acids is 1. The number of amides is 1. The number of hydrazine groups is 1. The van der Waals surface area contributed by atoms with Gasteiger partial charge in [-0.2, -0.15) is 0 Å². The minimum atomic E-state index is -3.23. The number of carbonyl (C=O) groups is 1. The van der Waals surface area contributed by atoms with Crippen molar-refractivity contribution in [1.82, 2.24) is 5.43 Å². The Morgan fingerprint density at radius 2 is 2.08 bits per heavy atom. The highest BCUT2D eigenvalue weighted by molar-refractivity contribution is 7.92. The molecule has 1 amide bonds. The molecule has 0 aromatic rings. The van der Waals surface area contributed by atoms with Gasteiger partial charge in [-0.3, -0.25) is 10.2 Å². The Labute approximate surface area is 71.2 Å². The summed E-state index contributed by atoms with van der Waals surface area (Å²) in [5, 5.41) is -0.920. The molecule has 1 aliphatic heterocycles. The summed E-state index contributed by atoms with van der Waals surface area (Å²) in [4.78, 5) is 11.0. The van der Waals surface area contributed by atoms with Crippen molar-refractivity contribution in [3.8, 4) is 0 Å². The van der Waals surface area contributed by atoms with Crippen molar-refractivity contribution in [3.05, 3.63) is 0 Å². The van der Waals surface area contributed by atoms with E-state index in [-0.39, 0.29) is 5.75 Å². The third-order valence-electron chi connectivity index (χ3n) is 2.01. The van der Waals surface area contributed by atoms with Crippen LogP contribution in [-0.4, -0.2) is 25.3 Å². The summed E-state index contributed by atoms with van der Waals surface area (Å²) in [6, 6.07) is 0. The first kappa shape index (κ1) is 9.47. The molecular weight excluding hydrogens is 180 g/mol. The molecule has 70 valence electrons. The van der Waals surface area contributed by atoms with Crippen LogP contribution in [0.1, 0.15) is 19.3 Å². The van der Waals surface area contributed by atoms with Crippen LogP contribution >= 0.6 is 0 Å². The molecule has 6 heteroatoms. The van der Waals surface area contributed by atoms with Gasteiger partial charge in [0.05, 0.1) is 5.75 Å². The fourth-order valence-electron chi connectivity index (χ4n) is 1.34. The van der Waals surface area contributed by atoms with E-state index in [1.54, 1.807) is 0 Å². The smallest absolute Gasteiger partial charge is 0.252 e. The van der Waals surface area contributed by atoms with Gasteiger partial charge in [0.1, 0.15) is 5.25 Å². The highest BCUT2D eigenvalue weighted by Gasteiger charge is 2.34. The van der Waals surface area contributed by atoms with Crippen LogP contribution in [-0.2, 0) is 14.6 Å². The molecule has 1 atom stereocenters. The standard InChI is InChI=1S/C6H12N2O3S/c7-8-6(9)5-3-1-2-4-12(5,10)11/h5H,1-4,7H2,(H,8,9). The van der Waals surface area contributed by atoms with Gasteiger partial charge in [-0.1, -0.05) is 6.42 Å². The van der Waals surface area contributed by atoms with Crippen LogP contribution in [0.3, 0.4) is 0 Å². The van der Waals surface area contributed by atoms with Gasteiger partial charge in [0.15, 0.2) is 9.84 Å². The maximum Gasteiger partial charge on any atom is 0.252 e. The van der Waals surface area contributed by atoms with Crippen molar-refractivity contribution < 1.29 is 13.2 Å². The average molecular weight is 192 g/mol. The van der Waals surface area contributed by atoms with Gasteiger partial charge in [0.25, 0.3) is 5.91 Å². The fourth-order valence-corrected chi connectivity index (χ4v) is 3.15. The maximum atomic E-state index is 11.3. The number of hydrogen-bond donors (Lipinski definition) is 2. The molecule has 0 aromatic carbocycles. The quantitative estimate of drug-likeness (QED) is 0.315. The van der Waals surface area contributed by atoms with E-state index in [9.17, 15) is 13.2 Å². The lowest BCUT2D eigenvalue weighted by atomic mass is 10.2. The largest absolute Gasteiger partial charge is 0.293 e. The molecule has 0 saturated carbocycles. The molecule has 1 unspecified atom stereocenters. The van der Waals surface area contributed by atoms with E-state index in [4.69, 9.17) is 5.84 Å². The van der Waals surface area contributed by atoms with Gasteiger partial charge in [-0.05, 0) is 12.8 Å². The molecule has 3 N–H and O–H groups in total. The highest BCUT2D eigenvalue weighted by Crippen LogP contribution is 2.19. The summed E-state index contributed by atoms with van der Waals surface area (Å²) in [5.41, 5.74) is 1.87. The topological polar surface area (TPSA) is 89.3 Å². The number of nitrogens with one attached hydrogen (secondary N) is 1. The Morgan fingerprint density at radius 3 is 2.58 bits per heavy atom. The second kappa shape index (κ2) is 3.40. The first-order valence-electron chi connectivity index (χ1n) is 3.80. The Bertz CT molecular complexity index is 273. The molecule has 1 rings (SSSR count). The minimum absolute atomic E-state index is 0.102. The van der Waals surface area contributed by atoms with Crippen LogP contribution in [0, 0.1) is 0 Å². The van der Waals surface area contributed by atoms with Crippen molar-refractivity contribution in [1.29, 1.82) is 0 Å². The lowest BCUT2D eigenvalue weighted by Gasteiger charge is -2.19. The van der Waals surface area contributed by atoms with Crippen LogP contribution in [0.15, 0.2) is 0 Å². The van der Waals surface area contributed by atoms with E-state index in [0.717, 1.165) is 6.42 Å². The first-order valence-corrected chi connectivity index (χ1v) is 5.51. The van der Waals surface area contributed by atoms with E-state index in [1.807, 2.05) is 5.43 Å². The van der Waals surface area contributed by atoms with Crippen LogP contribution < -0.4 is 11.3 Å². The van der Waals surface area contributed by atoms with Gasteiger partial charge >= 0.3 is 0 Å². The summed E-state index contributed by atoms with van der Waals surface area (Å²) in [6.45, 7) is 0. The average Bonchev–Trinajstić information content (AvgIpc) is 2.02. The third-order valence-corrected chi connectivity index (χ3v) is 4.19. The Morgan fingerprint density at radius 1 is 1.42 bits per heavy atom. The SMILES string of the molecule is NNC(=O)C1CCCCS1(=O)=O.